The number of hydrogen-bond acceptors (Lipinski definition) is 4. The van der Waals surface area contributed by atoms with Gasteiger partial charge in [0.15, 0.2) is 0 Å². The van der Waals surface area contributed by atoms with Gasteiger partial charge in [-0.1, -0.05) is 25.1 Å². The largest absolute Gasteiger partial charge is 0.334 e. The Labute approximate surface area is 187 Å². The number of likely N-dealkylation sites (tertiary alicyclic amines) is 1. The number of benzene rings is 1. The maximum atomic E-state index is 13.7. The minimum absolute atomic E-state index is 0.0166. The molecule has 1 fully saturated rings. The summed E-state index contributed by atoms with van der Waals surface area (Å²) in [4.78, 5) is 25.6. The predicted octanol–water partition coefficient (Wildman–Crippen LogP) is 5.83. The number of nitrogens with zero attached hydrogens (tertiary/aromatic N) is 3. The fraction of sp³-hybridized carbons (Fsp3) is 0.400. The molecule has 2 atom stereocenters. The Balaban J connectivity index is 1.58. The van der Waals surface area contributed by atoms with Gasteiger partial charge in [-0.3, -0.25) is 9.78 Å². The fourth-order valence-corrected chi connectivity index (χ4v) is 5.30. The van der Waals surface area contributed by atoms with Gasteiger partial charge in [-0.25, -0.2) is 9.37 Å². The zero-order chi connectivity index (χ0) is 22.0. The van der Waals surface area contributed by atoms with Crippen molar-refractivity contribution in [2.24, 2.45) is 5.92 Å². The highest BCUT2D eigenvalue weighted by Gasteiger charge is 2.34. The highest BCUT2D eigenvalue weighted by molar-refractivity contribution is 7.15. The average molecular weight is 438 g/mol. The van der Waals surface area contributed by atoms with Crippen LogP contribution in [-0.2, 0) is 6.42 Å². The molecule has 0 N–H and O–H groups in total. The Morgan fingerprint density at radius 3 is 2.68 bits per heavy atom. The van der Waals surface area contributed by atoms with Crippen molar-refractivity contribution in [2.45, 2.75) is 52.5 Å². The topological polar surface area (TPSA) is 46.1 Å². The smallest absolute Gasteiger partial charge is 0.274 e. The van der Waals surface area contributed by atoms with Crippen molar-refractivity contribution in [3.05, 3.63) is 70.4 Å². The molecule has 3 heterocycles. The number of carbonyl (C=O) groups excluding carboxylic acids is 1. The maximum absolute atomic E-state index is 13.7. The van der Waals surface area contributed by atoms with Crippen LogP contribution in [0.15, 0.2) is 42.6 Å². The molecule has 31 heavy (non-hydrogen) atoms. The quantitative estimate of drug-likeness (QED) is 0.504. The van der Waals surface area contributed by atoms with Crippen LogP contribution < -0.4 is 0 Å². The Bertz CT molecular complexity index is 1050. The molecule has 0 bridgehead atoms. The predicted molar refractivity (Wildman–Crippen MR) is 123 cm³/mol. The normalized spacial score (nSPS) is 18.9. The monoisotopic (exact) mass is 437 g/mol. The van der Waals surface area contributed by atoms with Crippen LogP contribution in [0.4, 0.5) is 4.39 Å². The van der Waals surface area contributed by atoms with Crippen molar-refractivity contribution in [3.8, 4) is 10.4 Å². The fourth-order valence-electron chi connectivity index (χ4n) is 4.39. The van der Waals surface area contributed by atoms with Crippen molar-refractivity contribution >= 4 is 17.2 Å². The number of carbonyl (C=O) groups is 1. The summed E-state index contributed by atoms with van der Waals surface area (Å²) in [6, 6.07) is 10.6. The third-order valence-electron chi connectivity index (χ3n) is 6.09. The highest BCUT2D eigenvalue weighted by Crippen LogP contribution is 2.34. The molecule has 0 unspecified atom stereocenters. The van der Waals surface area contributed by atoms with Crippen molar-refractivity contribution in [2.75, 3.05) is 6.54 Å². The number of piperidine rings is 1. The molecule has 162 valence electrons. The third kappa shape index (κ3) is 4.85. The van der Waals surface area contributed by atoms with E-state index in [4.69, 9.17) is 0 Å². The van der Waals surface area contributed by atoms with E-state index in [-0.39, 0.29) is 17.8 Å². The first kappa shape index (κ1) is 21.6. The number of aryl methyl sites for hydroxylation is 3. The summed E-state index contributed by atoms with van der Waals surface area (Å²) in [7, 11) is 0. The molecule has 2 aromatic heterocycles. The molecule has 1 aromatic carbocycles. The lowest BCUT2D eigenvalue weighted by Crippen LogP contribution is -2.48. The van der Waals surface area contributed by atoms with Crippen molar-refractivity contribution in [1.82, 2.24) is 14.9 Å². The lowest BCUT2D eigenvalue weighted by atomic mass is 9.87. The molecule has 4 nitrogen and oxygen atoms in total. The molecule has 1 aliphatic rings. The van der Waals surface area contributed by atoms with Crippen molar-refractivity contribution in [3.63, 3.8) is 0 Å². The number of halogens is 1. The minimum Gasteiger partial charge on any atom is -0.334 e. The summed E-state index contributed by atoms with van der Waals surface area (Å²) in [5, 5.41) is 0.841. The maximum Gasteiger partial charge on any atom is 0.274 e. The van der Waals surface area contributed by atoms with Gasteiger partial charge in [-0.05, 0) is 74.8 Å². The van der Waals surface area contributed by atoms with Gasteiger partial charge >= 0.3 is 0 Å². The Kier molecular flexibility index (Phi) is 6.46. The van der Waals surface area contributed by atoms with Crippen LogP contribution in [-0.4, -0.2) is 33.4 Å². The van der Waals surface area contributed by atoms with Gasteiger partial charge in [0, 0.05) is 24.5 Å². The van der Waals surface area contributed by atoms with Gasteiger partial charge in [0.25, 0.3) is 5.91 Å². The summed E-state index contributed by atoms with van der Waals surface area (Å²) in [6.45, 7) is 6.93. The van der Waals surface area contributed by atoms with E-state index in [2.05, 4.69) is 29.0 Å². The van der Waals surface area contributed by atoms with E-state index < -0.39 is 0 Å². The molecule has 0 spiro atoms. The highest BCUT2D eigenvalue weighted by atomic mass is 32.1. The number of aromatic nitrogens is 2. The van der Waals surface area contributed by atoms with Crippen LogP contribution in [0.5, 0.6) is 0 Å². The van der Waals surface area contributed by atoms with Crippen LogP contribution in [0, 0.1) is 25.6 Å². The standard InChI is InChI=1S/C25H28FN3OS/c1-16-6-11-21(27-15-16)12-13-22-17(2)5-4-14-29(22)25(30)23-24(31-18(3)28-23)19-7-9-20(26)10-8-19/h6-11,15,17,22H,4-5,12-14H2,1-3H3/t17-,22-/m1/s1. The van der Waals surface area contributed by atoms with Gasteiger partial charge in [-0.15, -0.1) is 11.3 Å². The van der Waals surface area contributed by atoms with Gasteiger partial charge in [0.05, 0.1) is 9.88 Å². The van der Waals surface area contributed by atoms with Crippen molar-refractivity contribution in [1.29, 1.82) is 0 Å². The van der Waals surface area contributed by atoms with Crippen LogP contribution in [0.2, 0.25) is 0 Å². The molecule has 0 radical (unpaired) electrons. The van der Waals surface area contributed by atoms with E-state index in [9.17, 15) is 9.18 Å². The van der Waals surface area contributed by atoms with Gasteiger partial charge in [-0.2, -0.15) is 0 Å². The SMILES string of the molecule is Cc1ccc(CC[C@@H]2[C@H](C)CCCN2C(=O)c2nc(C)sc2-c2ccc(F)cc2)nc1. The summed E-state index contributed by atoms with van der Waals surface area (Å²) >= 11 is 1.49. The third-order valence-corrected chi connectivity index (χ3v) is 7.11. The van der Waals surface area contributed by atoms with E-state index >= 15 is 0 Å². The lowest BCUT2D eigenvalue weighted by Gasteiger charge is -2.40. The molecule has 1 saturated heterocycles. The van der Waals surface area contributed by atoms with Crippen LogP contribution in [0.1, 0.15) is 52.9 Å². The van der Waals surface area contributed by atoms with Gasteiger partial charge in [0.1, 0.15) is 11.5 Å². The first-order chi connectivity index (χ1) is 14.9. The minimum atomic E-state index is -0.285. The first-order valence-corrected chi connectivity index (χ1v) is 11.7. The molecule has 6 heteroatoms. The second-order valence-electron chi connectivity index (χ2n) is 8.47. The summed E-state index contributed by atoms with van der Waals surface area (Å²) in [5.74, 6) is 0.127. The lowest BCUT2D eigenvalue weighted by molar-refractivity contribution is 0.0494. The van der Waals surface area contributed by atoms with Gasteiger partial charge in [0.2, 0.25) is 0 Å². The zero-order valence-corrected chi connectivity index (χ0v) is 19.1. The van der Waals surface area contributed by atoms with E-state index in [0.29, 0.717) is 11.6 Å². The summed E-state index contributed by atoms with van der Waals surface area (Å²) in [6.07, 6.45) is 5.76. The molecule has 0 saturated carbocycles. The zero-order valence-electron chi connectivity index (χ0n) is 18.3. The Morgan fingerprint density at radius 2 is 1.97 bits per heavy atom. The van der Waals surface area contributed by atoms with Gasteiger partial charge < -0.3 is 4.90 Å². The molecule has 4 rings (SSSR count). The van der Waals surface area contributed by atoms with Crippen LogP contribution in [0.25, 0.3) is 10.4 Å². The first-order valence-electron chi connectivity index (χ1n) is 10.9. The molecule has 0 aliphatic carbocycles. The Morgan fingerprint density at radius 1 is 1.19 bits per heavy atom. The number of thiazole rings is 1. The van der Waals surface area contributed by atoms with E-state index in [1.807, 2.05) is 24.9 Å². The summed E-state index contributed by atoms with van der Waals surface area (Å²) in [5.41, 5.74) is 3.54. The number of hydrogen-bond donors (Lipinski definition) is 0. The molecular weight excluding hydrogens is 409 g/mol. The number of amides is 1. The molecule has 3 aromatic rings. The van der Waals surface area contributed by atoms with E-state index in [1.165, 1.54) is 23.5 Å². The molecule has 1 aliphatic heterocycles. The number of pyridine rings is 1. The Hall–Kier alpha value is -2.60. The second-order valence-corrected chi connectivity index (χ2v) is 9.67. The second kappa shape index (κ2) is 9.27. The average Bonchev–Trinajstić information content (AvgIpc) is 3.15. The molecule has 1 amide bonds. The van der Waals surface area contributed by atoms with E-state index in [1.54, 1.807) is 12.1 Å². The summed E-state index contributed by atoms with van der Waals surface area (Å²) < 4.78 is 13.4. The number of rotatable bonds is 5. The molecular formula is C25H28FN3OS. The van der Waals surface area contributed by atoms with E-state index in [0.717, 1.165) is 58.9 Å². The van der Waals surface area contributed by atoms with Crippen LogP contribution >= 0.6 is 11.3 Å². The van der Waals surface area contributed by atoms with Crippen molar-refractivity contribution < 1.29 is 9.18 Å². The van der Waals surface area contributed by atoms with Crippen LogP contribution in [0.3, 0.4) is 0 Å².